The van der Waals surface area contributed by atoms with Crippen molar-refractivity contribution < 1.29 is 4.42 Å². The molecule has 0 saturated heterocycles. The Balaban J connectivity index is 1.57. The minimum absolute atomic E-state index is 0.906. The molecule has 0 radical (unpaired) electrons. The van der Waals surface area contributed by atoms with Gasteiger partial charge in [0.25, 0.3) is 0 Å². The van der Waals surface area contributed by atoms with E-state index >= 15 is 0 Å². The average molecular weight is 501 g/mol. The van der Waals surface area contributed by atoms with Crippen LogP contribution in [0.5, 0.6) is 0 Å². The SMILES string of the molecule is C=C/C=C(\C=C)n1c2ccccc2c2c3oc4c(ccc5c4c4ccccc4n5-c4ccccc4)c3ccc21. The van der Waals surface area contributed by atoms with E-state index in [4.69, 9.17) is 4.42 Å². The fraction of sp³-hybridized carbons (Fsp3) is 0. The highest BCUT2D eigenvalue weighted by molar-refractivity contribution is 6.29. The predicted molar refractivity (Wildman–Crippen MR) is 166 cm³/mol. The normalized spacial score (nSPS) is 12.5. The molecule has 39 heavy (non-hydrogen) atoms. The number of hydrogen-bond donors (Lipinski definition) is 0. The van der Waals surface area contributed by atoms with Crippen molar-refractivity contribution in [3.8, 4) is 5.69 Å². The summed E-state index contributed by atoms with van der Waals surface area (Å²) in [4.78, 5) is 0. The van der Waals surface area contributed by atoms with Crippen molar-refractivity contribution in [2.24, 2.45) is 0 Å². The molecule has 0 aliphatic rings. The van der Waals surface area contributed by atoms with Crippen molar-refractivity contribution in [3.05, 3.63) is 135 Å². The number of benzene rings is 5. The van der Waals surface area contributed by atoms with E-state index in [0.717, 1.165) is 66.0 Å². The molecule has 0 saturated carbocycles. The van der Waals surface area contributed by atoms with Crippen molar-refractivity contribution in [1.82, 2.24) is 9.13 Å². The third-order valence-electron chi connectivity index (χ3n) is 7.85. The minimum Gasteiger partial charge on any atom is -0.455 e. The lowest BCUT2D eigenvalue weighted by Crippen LogP contribution is -1.93. The van der Waals surface area contributed by atoms with Gasteiger partial charge in [0, 0.05) is 32.9 Å². The average Bonchev–Trinajstić information content (AvgIpc) is 3.64. The van der Waals surface area contributed by atoms with E-state index in [0.29, 0.717) is 0 Å². The molecule has 0 N–H and O–H groups in total. The zero-order valence-electron chi connectivity index (χ0n) is 21.3. The molecule has 0 spiro atoms. The zero-order chi connectivity index (χ0) is 26.1. The lowest BCUT2D eigenvalue weighted by molar-refractivity contribution is 0.677. The maximum Gasteiger partial charge on any atom is 0.145 e. The number of furan rings is 1. The molecular weight excluding hydrogens is 476 g/mol. The van der Waals surface area contributed by atoms with Gasteiger partial charge in [-0.15, -0.1) is 0 Å². The summed E-state index contributed by atoms with van der Waals surface area (Å²) in [5.74, 6) is 0. The first kappa shape index (κ1) is 21.8. The van der Waals surface area contributed by atoms with Crippen LogP contribution >= 0.6 is 0 Å². The van der Waals surface area contributed by atoms with Crippen LogP contribution in [0.1, 0.15) is 0 Å². The summed E-state index contributed by atoms with van der Waals surface area (Å²) >= 11 is 0. The molecule has 8 aromatic rings. The van der Waals surface area contributed by atoms with Gasteiger partial charge >= 0.3 is 0 Å². The molecule has 0 aliphatic carbocycles. The Morgan fingerprint density at radius 3 is 1.85 bits per heavy atom. The van der Waals surface area contributed by atoms with E-state index in [1.54, 1.807) is 6.08 Å². The minimum atomic E-state index is 0.906. The smallest absolute Gasteiger partial charge is 0.145 e. The first-order chi connectivity index (χ1) is 19.3. The van der Waals surface area contributed by atoms with Gasteiger partial charge in [0.2, 0.25) is 0 Å². The third-order valence-corrected chi connectivity index (χ3v) is 7.85. The molecule has 0 bridgehead atoms. The first-order valence-electron chi connectivity index (χ1n) is 13.1. The fourth-order valence-electron chi connectivity index (χ4n) is 6.28. The van der Waals surface area contributed by atoms with E-state index in [-0.39, 0.29) is 0 Å². The van der Waals surface area contributed by atoms with Crippen LogP contribution in [-0.2, 0) is 0 Å². The van der Waals surface area contributed by atoms with E-state index in [1.165, 1.54) is 10.9 Å². The molecule has 184 valence electrons. The molecule has 0 fully saturated rings. The highest BCUT2D eigenvalue weighted by Gasteiger charge is 2.22. The van der Waals surface area contributed by atoms with Crippen molar-refractivity contribution in [2.75, 3.05) is 0 Å². The van der Waals surface area contributed by atoms with E-state index in [2.05, 4.69) is 125 Å². The van der Waals surface area contributed by atoms with Crippen LogP contribution in [0.15, 0.2) is 139 Å². The number of rotatable bonds is 4. The molecule has 3 nitrogen and oxygen atoms in total. The summed E-state index contributed by atoms with van der Waals surface area (Å²) in [7, 11) is 0. The van der Waals surface area contributed by atoms with Gasteiger partial charge in [-0.3, -0.25) is 0 Å². The number of allylic oxidation sites excluding steroid dienone is 4. The largest absolute Gasteiger partial charge is 0.455 e. The molecule has 0 aliphatic heterocycles. The van der Waals surface area contributed by atoms with Crippen molar-refractivity contribution >= 4 is 71.2 Å². The van der Waals surface area contributed by atoms with Gasteiger partial charge in [0.1, 0.15) is 11.2 Å². The van der Waals surface area contributed by atoms with Crippen LogP contribution in [0.25, 0.3) is 76.9 Å². The summed E-state index contributed by atoms with van der Waals surface area (Å²) in [5.41, 5.74) is 8.43. The number of fused-ring (bicyclic) bond motifs is 11. The Bertz CT molecular complexity index is 2310. The van der Waals surface area contributed by atoms with Crippen LogP contribution in [0.2, 0.25) is 0 Å². The highest BCUT2D eigenvalue weighted by Crippen LogP contribution is 2.44. The standard InChI is InChI=1S/C36H24N2O/c1-3-12-23(4-2)37-29-17-10-8-15-27(29)33-31(37)21-19-25-26-20-22-32-34(36(26)39-35(25)33)28-16-9-11-18-30(28)38(32)24-13-6-5-7-14-24/h3-22H,1-2H2/b23-12+. The summed E-state index contributed by atoms with van der Waals surface area (Å²) in [5, 5.41) is 6.82. The Morgan fingerprint density at radius 2 is 1.15 bits per heavy atom. The second kappa shape index (κ2) is 8.11. The molecular formula is C36H24N2O. The van der Waals surface area contributed by atoms with Gasteiger partial charge in [-0.25, -0.2) is 0 Å². The number of hydrogen-bond acceptors (Lipinski definition) is 1. The van der Waals surface area contributed by atoms with E-state index < -0.39 is 0 Å². The molecule has 0 atom stereocenters. The number of para-hydroxylation sites is 3. The van der Waals surface area contributed by atoms with Gasteiger partial charge < -0.3 is 13.6 Å². The van der Waals surface area contributed by atoms with Gasteiger partial charge in [-0.1, -0.05) is 73.8 Å². The van der Waals surface area contributed by atoms with E-state index in [9.17, 15) is 0 Å². The van der Waals surface area contributed by atoms with Crippen LogP contribution in [0, 0.1) is 0 Å². The summed E-state index contributed by atoms with van der Waals surface area (Å²) in [6.07, 6.45) is 5.67. The van der Waals surface area contributed by atoms with Gasteiger partial charge in [-0.05, 0) is 60.7 Å². The Morgan fingerprint density at radius 1 is 0.564 bits per heavy atom. The van der Waals surface area contributed by atoms with Gasteiger partial charge in [0.15, 0.2) is 0 Å². The molecule has 8 rings (SSSR count). The van der Waals surface area contributed by atoms with Crippen molar-refractivity contribution in [2.45, 2.75) is 0 Å². The topological polar surface area (TPSA) is 23.0 Å². The zero-order valence-corrected chi connectivity index (χ0v) is 21.3. The van der Waals surface area contributed by atoms with E-state index in [1.807, 2.05) is 12.2 Å². The quantitative estimate of drug-likeness (QED) is 0.220. The maximum atomic E-state index is 6.94. The Labute approximate surface area is 224 Å². The predicted octanol–water partition coefficient (Wildman–Crippen LogP) is 10.0. The second-order valence-electron chi connectivity index (χ2n) is 9.85. The second-order valence-corrected chi connectivity index (χ2v) is 9.85. The summed E-state index contributed by atoms with van der Waals surface area (Å²) < 4.78 is 11.5. The molecule has 3 heterocycles. The Hall–Kier alpha value is -5.28. The van der Waals surface area contributed by atoms with Crippen molar-refractivity contribution in [3.63, 3.8) is 0 Å². The summed E-state index contributed by atoms with van der Waals surface area (Å²) in [6.45, 7) is 7.99. The van der Waals surface area contributed by atoms with Crippen LogP contribution < -0.4 is 0 Å². The van der Waals surface area contributed by atoms with Crippen LogP contribution in [0.3, 0.4) is 0 Å². The number of nitrogens with zero attached hydrogens (tertiary/aromatic N) is 2. The molecule has 0 unspecified atom stereocenters. The van der Waals surface area contributed by atoms with Crippen LogP contribution in [-0.4, -0.2) is 9.13 Å². The molecule has 0 amide bonds. The maximum absolute atomic E-state index is 6.94. The van der Waals surface area contributed by atoms with Crippen LogP contribution in [0.4, 0.5) is 0 Å². The monoisotopic (exact) mass is 500 g/mol. The number of aromatic nitrogens is 2. The third kappa shape index (κ3) is 2.87. The summed E-state index contributed by atoms with van der Waals surface area (Å²) in [6, 6.07) is 36.4. The fourth-order valence-corrected chi connectivity index (χ4v) is 6.28. The molecule has 3 heteroatoms. The molecule has 3 aromatic heterocycles. The first-order valence-corrected chi connectivity index (χ1v) is 13.1. The van der Waals surface area contributed by atoms with Crippen molar-refractivity contribution in [1.29, 1.82) is 0 Å². The molecule has 5 aromatic carbocycles. The lowest BCUT2D eigenvalue weighted by atomic mass is 10.1. The lowest BCUT2D eigenvalue weighted by Gasteiger charge is -2.07. The van der Waals surface area contributed by atoms with Gasteiger partial charge in [-0.2, -0.15) is 0 Å². The highest BCUT2D eigenvalue weighted by atomic mass is 16.3. The van der Waals surface area contributed by atoms with Gasteiger partial charge in [0.05, 0.1) is 32.8 Å². The Kier molecular flexibility index (Phi) is 4.53.